The SMILES string of the molecule is CCCNC1CC(Oc2ccc(C)cc2Br)C1(C)C. The number of aryl methyl sites for hydroxylation is 1. The van der Waals surface area contributed by atoms with E-state index in [0.29, 0.717) is 12.1 Å². The van der Waals surface area contributed by atoms with Gasteiger partial charge in [-0.25, -0.2) is 0 Å². The van der Waals surface area contributed by atoms with Gasteiger partial charge in [0.2, 0.25) is 0 Å². The van der Waals surface area contributed by atoms with Crippen LogP contribution in [0.4, 0.5) is 0 Å². The topological polar surface area (TPSA) is 21.3 Å². The Hall–Kier alpha value is -0.540. The maximum absolute atomic E-state index is 6.17. The largest absolute Gasteiger partial charge is 0.489 e. The maximum Gasteiger partial charge on any atom is 0.133 e. The van der Waals surface area contributed by atoms with Gasteiger partial charge in [-0.2, -0.15) is 0 Å². The molecule has 1 N–H and O–H groups in total. The lowest BCUT2D eigenvalue weighted by atomic mass is 9.64. The summed E-state index contributed by atoms with van der Waals surface area (Å²) in [6.45, 7) is 9.96. The third-order valence-electron chi connectivity index (χ3n) is 4.18. The molecule has 0 aromatic heterocycles. The Bertz CT molecular complexity index is 444. The average Bonchev–Trinajstić information content (AvgIpc) is 2.35. The molecule has 0 radical (unpaired) electrons. The van der Waals surface area contributed by atoms with Gasteiger partial charge in [0.05, 0.1) is 4.47 Å². The molecule has 0 saturated heterocycles. The van der Waals surface area contributed by atoms with Gasteiger partial charge in [0, 0.05) is 17.9 Å². The normalized spacial score (nSPS) is 24.9. The molecule has 2 rings (SSSR count). The third kappa shape index (κ3) is 3.14. The maximum atomic E-state index is 6.17. The predicted octanol–water partition coefficient (Wildman–Crippen LogP) is 4.30. The first-order valence-electron chi connectivity index (χ1n) is 7.11. The van der Waals surface area contributed by atoms with Crippen LogP contribution >= 0.6 is 15.9 Å². The zero-order valence-corrected chi connectivity index (χ0v) is 13.9. The Labute approximate surface area is 125 Å². The Balaban J connectivity index is 1.98. The van der Waals surface area contributed by atoms with Gasteiger partial charge >= 0.3 is 0 Å². The Morgan fingerprint density at radius 1 is 1.42 bits per heavy atom. The number of hydrogen-bond donors (Lipinski definition) is 1. The van der Waals surface area contributed by atoms with Crippen LogP contribution in [0.25, 0.3) is 0 Å². The fraction of sp³-hybridized carbons (Fsp3) is 0.625. The summed E-state index contributed by atoms with van der Waals surface area (Å²) in [6.07, 6.45) is 2.57. The summed E-state index contributed by atoms with van der Waals surface area (Å²) in [5, 5.41) is 3.61. The van der Waals surface area contributed by atoms with Gasteiger partial charge in [0.25, 0.3) is 0 Å². The third-order valence-corrected chi connectivity index (χ3v) is 4.79. The molecule has 19 heavy (non-hydrogen) atoms. The molecule has 1 aromatic carbocycles. The van der Waals surface area contributed by atoms with Crippen LogP contribution in [-0.4, -0.2) is 18.7 Å². The van der Waals surface area contributed by atoms with Crippen LogP contribution < -0.4 is 10.1 Å². The molecule has 0 bridgehead atoms. The number of benzene rings is 1. The minimum atomic E-state index is 0.194. The minimum absolute atomic E-state index is 0.194. The van der Waals surface area contributed by atoms with Gasteiger partial charge in [-0.05, 0) is 53.5 Å². The average molecular weight is 326 g/mol. The molecule has 0 aliphatic heterocycles. The molecular formula is C16H24BrNO. The number of nitrogens with one attached hydrogen (secondary N) is 1. The highest BCUT2D eigenvalue weighted by molar-refractivity contribution is 9.10. The fourth-order valence-electron chi connectivity index (χ4n) is 2.61. The van der Waals surface area contributed by atoms with Crippen molar-refractivity contribution in [2.24, 2.45) is 5.41 Å². The fourth-order valence-corrected chi connectivity index (χ4v) is 3.19. The first-order chi connectivity index (χ1) is 8.95. The lowest BCUT2D eigenvalue weighted by Crippen LogP contribution is -2.62. The molecular weight excluding hydrogens is 302 g/mol. The summed E-state index contributed by atoms with van der Waals surface area (Å²) in [7, 11) is 0. The molecule has 2 unspecified atom stereocenters. The van der Waals surface area contributed by atoms with E-state index >= 15 is 0 Å². The van der Waals surface area contributed by atoms with E-state index in [-0.39, 0.29) is 5.41 Å². The van der Waals surface area contributed by atoms with Crippen LogP contribution in [0.1, 0.15) is 39.2 Å². The van der Waals surface area contributed by atoms with Gasteiger partial charge in [0.15, 0.2) is 0 Å². The lowest BCUT2D eigenvalue weighted by molar-refractivity contribution is -0.0549. The molecule has 2 nitrogen and oxygen atoms in total. The van der Waals surface area contributed by atoms with Gasteiger partial charge in [-0.1, -0.05) is 26.8 Å². The second kappa shape index (κ2) is 5.84. The van der Waals surface area contributed by atoms with Gasteiger partial charge in [-0.15, -0.1) is 0 Å². The Morgan fingerprint density at radius 2 is 2.16 bits per heavy atom. The van der Waals surface area contributed by atoms with Crippen molar-refractivity contribution in [3.8, 4) is 5.75 Å². The van der Waals surface area contributed by atoms with Crippen molar-refractivity contribution in [1.82, 2.24) is 5.32 Å². The van der Waals surface area contributed by atoms with E-state index in [4.69, 9.17) is 4.74 Å². The van der Waals surface area contributed by atoms with Crippen molar-refractivity contribution in [3.63, 3.8) is 0 Å². The molecule has 0 heterocycles. The zero-order chi connectivity index (χ0) is 14.0. The van der Waals surface area contributed by atoms with Gasteiger partial charge in [0.1, 0.15) is 11.9 Å². The summed E-state index contributed by atoms with van der Waals surface area (Å²) >= 11 is 3.58. The molecule has 1 fully saturated rings. The second-order valence-electron chi connectivity index (χ2n) is 6.10. The molecule has 1 aromatic rings. The van der Waals surface area contributed by atoms with E-state index in [0.717, 1.165) is 23.2 Å². The van der Waals surface area contributed by atoms with E-state index in [1.165, 1.54) is 12.0 Å². The molecule has 2 atom stereocenters. The van der Waals surface area contributed by atoms with Crippen molar-refractivity contribution < 1.29 is 4.74 Å². The van der Waals surface area contributed by atoms with Crippen molar-refractivity contribution >= 4 is 15.9 Å². The van der Waals surface area contributed by atoms with Crippen LogP contribution in [0.3, 0.4) is 0 Å². The quantitative estimate of drug-likeness (QED) is 0.871. The zero-order valence-electron chi connectivity index (χ0n) is 12.3. The van der Waals surface area contributed by atoms with Crippen molar-refractivity contribution in [2.75, 3.05) is 6.54 Å². The monoisotopic (exact) mass is 325 g/mol. The van der Waals surface area contributed by atoms with Crippen molar-refractivity contribution in [1.29, 1.82) is 0 Å². The van der Waals surface area contributed by atoms with Gasteiger partial charge < -0.3 is 10.1 Å². The number of ether oxygens (including phenoxy) is 1. The molecule has 0 spiro atoms. The molecule has 1 aliphatic carbocycles. The first kappa shape index (κ1) is 14.9. The summed E-state index contributed by atoms with van der Waals surface area (Å²) in [4.78, 5) is 0. The summed E-state index contributed by atoms with van der Waals surface area (Å²) in [5.41, 5.74) is 1.44. The van der Waals surface area contributed by atoms with Crippen LogP contribution in [0.5, 0.6) is 5.75 Å². The van der Waals surface area contributed by atoms with Crippen LogP contribution in [-0.2, 0) is 0 Å². The van der Waals surface area contributed by atoms with E-state index < -0.39 is 0 Å². The van der Waals surface area contributed by atoms with Crippen LogP contribution in [0.15, 0.2) is 22.7 Å². The molecule has 106 valence electrons. The second-order valence-corrected chi connectivity index (χ2v) is 6.96. The lowest BCUT2D eigenvalue weighted by Gasteiger charge is -2.51. The van der Waals surface area contributed by atoms with E-state index in [1.807, 2.05) is 0 Å². The highest BCUT2D eigenvalue weighted by atomic mass is 79.9. The van der Waals surface area contributed by atoms with E-state index in [2.05, 4.69) is 67.1 Å². The van der Waals surface area contributed by atoms with Crippen LogP contribution in [0.2, 0.25) is 0 Å². The summed E-state index contributed by atoms with van der Waals surface area (Å²) in [5.74, 6) is 0.956. The predicted molar refractivity (Wildman–Crippen MR) is 83.8 cm³/mol. The van der Waals surface area contributed by atoms with Crippen molar-refractivity contribution in [2.45, 2.75) is 52.7 Å². The number of hydrogen-bond acceptors (Lipinski definition) is 2. The standard InChI is InChI=1S/C16H24BrNO/c1-5-8-18-14-10-15(16(14,3)4)19-13-7-6-11(2)9-12(13)17/h6-7,9,14-15,18H,5,8,10H2,1-4H3. The minimum Gasteiger partial charge on any atom is -0.489 e. The molecule has 3 heteroatoms. The highest BCUT2D eigenvalue weighted by Crippen LogP contribution is 2.44. The molecule has 1 saturated carbocycles. The Morgan fingerprint density at radius 3 is 2.74 bits per heavy atom. The Kier molecular flexibility index (Phi) is 4.57. The number of rotatable bonds is 5. The first-order valence-corrected chi connectivity index (χ1v) is 7.90. The highest BCUT2D eigenvalue weighted by Gasteiger charge is 2.49. The number of halogens is 1. The van der Waals surface area contributed by atoms with E-state index in [1.54, 1.807) is 0 Å². The van der Waals surface area contributed by atoms with Crippen LogP contribution in [0, 0.1) is 12.3 Å². The summed E-state index contributed by atoms with van der Waals surface area (Å²) in [6, 6.07) is 6.83. The molecule has 0 amide bonds. The van der Waals surface area contributed by atoms with Gasteiger partial charge in [-0.3, -0.25) is 0 Å². The van der Waals surface area contributed by atoms with Crippen molar-refractivity contribution in [3.05, 3.63) is 28.2 Å². The smallest absolute Gasteiger partial charge is 0.133 e. The summed E-state index contributed by atoms with van der Waals surface area (Å²) < 4.78 is 7.22. The molecule has 1 aliphatic rings. The van der Waals surface area contributed by atoms with E-state index in [9.17, 15) is 0 Å².